The number of pyridine rings is 1. The lowest BCUT2D eigenvalue weighted by Gasteiger charge is -2.33. The van der Waals surface area contributed by atoms with Crippen molar-refractivity contribution in [2.75, 3.05) is 130 Å². The Hall–Kier alpha value is -7.42. The number of hydrogen-bond acceptors (Lipinski definition) is 22. The maximum atomic E-state index is 11.2. The smallest absolute Gasteiger partial charge is 0.314 e. The Morgan fingerprint density at radius 3 is 1.63 bits per heavy atom. The molecule has 3 amide bonds. The van der Waals surface area contributed by atoms with Crippen LogP contribution in [0, 0.1) is 17.8 Å². The summed E-state index contributed by atoms with van der Waals surface area (Å²) in [6, 6.07) is 6.14. The van der Waals surface area contributed by atoms with Crippen LogP contribution in [-0.2, 0) is 78.2 Å². The van der Waals surface area contributed by atoms with E-state index < -0.39 is 19.9 Å². The number of hydrogen-bond donors (Lipinski definition) is 2. The molecule has 6 saturated heterocycles. The molecule has 7 fully saturated rings. The van der Waals surface area contributed by atoms with Gasteiger partial charge in [0, 0.05) is 180 Å². The molecule has 105 heavy (non-hydrogen) atoms. The minimum Gasteiger partial charge on any atom is -0.351 e. The number of amides is 3. The van der Waals surface area contributed by atoms with Gasteiger partial charge in [-0.25, -0.2) is 30.9 Å². The van der Waals surface area contributed by atoms with Crippen LogP contribution in [0.15, 0.2) is 61.7 Å². The van der Waals surface area contributed by atoms with Crippen LogP contribution in [0.4, 0.5) is 4.79 Å². The summed E-state index contributed by atoms with van der Waals surface area (Å²) in [5.74, 6) is 4.06. The third kappa shape index (κ3) is 38.1. The fraction of sp³-hybridized carbons (Fsp3) is 0.676. The minimum atomic E-state index is -3.03. The Kier molecular flexibility index (Phi) is 39.9. The minimum absolute atomic E-state index is 0.0857. The number of nitrogens with two attached hydrogens (primary N) is 1. The number of sulfone groups is 1. The summed E-state index contributed by atoms with van der Waals surface area (Å²) in [6.45, 7) is 26.3. The molecule has 586 valence electrons. The predicted molar refractivity (Wildman–Crippen MR) is 402 cm³/mol. The van der Waals surface area contributed by atoms with Crippen molar-refractivity contribution < 1.29 is 64.8 Å². The zero-order valence-electron chi connectivity index (χ0n) is 64.1. The molecular weight excluding hydrogens is 1390 g/mol. The van der Waals surface area contributed by atoms with Gasteiger partial charge in [0.1, 0.15) is 40.5 Å². The van der Waals surface area contributed by atoms with Gasteiger partial charge in [-0.3, -0.25) is 52.9 Å². The molecule has 29 nitrogen and oxygen atoms in total. The molecule has 3 atom stereocenters. The van der Waals surface area contributed by atoms with Crippen LogP contribution in [-0.4, -0.2) is 273 Å². The molecule has 1 unspecified atom stereocenters. The van der Waals surface area contributed by atoms with Gasteiger partial charge in [-0.1, -0.05) is 6.07 Å². The Bertz CT molecular complexity index is 3590. The first-order chi connectivity index (χ1) is 49.5. The maximum Gasteiger partial charge on any atom is 0.314 e. The second kappa shape index (κ2) is 46.6. The highest BCUT2D eigenvalue weighted by Crippen LogP contribution is 2.47. The van der Waals surface area contributed by atoms with E-state index in [-0.39, 0.29) is 64.1 Å². The van der Waals surface area contributed by atoms with Crippen molar-refractivity contribution >= 4 is 78.1 Å². The van der Waals surface area contributed by atoms with Gasteiger partial charge in [0.05, 0.1) is 53.8 Å². The number of aryl methyl sites for hydroxylation is 2. The number of nitrogens with one attached hydrogen (secondary N) is 1. The van der Waals surface area contributed by atoms with E-state index in [2.05, 4.69) is 53.0 Å². The number of likely N-dealkylation sites (tertiary alicyclic amines) is 3. The van der Waals surface area contributed by atoms with Gasteiger partial charge in [-0.05, 0) is 169 Å². The number of likely N-dealkylation sites (N-methyl/N-ethyl adjacent to an activating group) is 1. The monoisotopic (exact) mass is 1510 g/mol. The first kappa shape index (κ1) is 90.0. The first-order valence-electron chi connectivity index (χ1n) is 36.8. The number of Topliss-reactive ketones (excluding diaryl/α,β-unsaturated/α-hetero) is 8. The molecule has 0 aromatic carbocycles. The van der Waals surface area contributed by atoms with Crippen molar-refractivity contribution in [3.05, 3.63) is 84.2 Å². The summed E-state index contributed by atoms with van der Waals surface area (Å²) in [5, 5.41) is 8.30. The number of carbonyl (C=O) groups excluding carboxylic acids is 10. The number of piperidine rings is 2. The van der Waals surface area contributed by atoms with Gasteiger partial charge in [-0.15, -0.1) is 0 Å². The normalized spacial score (nSPS) is 19.9. The number of carbonyl (C=O) groups is 10. The topological polar surface area (TPSA) is 365 Å². The standard InChI is InChI=1S/C14H20N2O.C10H15N3O.C9H17N3O2.C9H12N2O.C9H17NO3S.C8H15NO3S.C8H13NO2.C7H10N2O/c1-12(17)10-13-5-8-16(9-6-13)11-14-4-2-3-7-15-14;1-8(14)9-5-11-13(6-9)10-3-4-12(2)7-10;1-8(13)2-3-11-4-6-12(7-5-11)9(10)14;1-6(12)8-3-9(8)7-4-10-11(2)5-7;1-8(11)7-9-3-5-10(6-4-9)14(2,12)13;1-8(10)2-3-9-4-6-13(11,12)7-5-9;1-7(10)4-6-9-5-2-3-8(9)11;1-6(10)2-3-7-4-8-5-9-7/h2-4,7,13H,5-6,8-11H2,1H3;5-6,10H,3-4,7H2,1-2H3;2-7H2,1H3,(H2,10,14);4-5,8-9H,3H2,1-2H3;9H,3-7H2,1-2H3;2-7H2,1H3;2-6H2,1H3;4-5H,2-3H2,1H3,(H,8,9)/t;;;8-,9-;;;;/m...0..../s1. The lowest BCUT2D eigenvalue weighted by Crippen LogP contribution is -2.50. The molecule has 10 heterocycles. The van der Waals surface area contributed by atoms with E-state index in [4.69, 9.17) is 5.73 Å². The number of imidazole rings is 1. The number of piperazine rings is 1. The first-order valence-corrected chi connectivity index (χ1v) is 40.4. The lowest BCUT2D eigenvalue weighted by molar-refractivity contribution is -0.128. The van der Waals surface area contributed by atoms with Crippen molar-refractivity contribution in [3.63, 3.8) is 0 Å². The molecule has 7 aliphatic rings. The van der Waals surface area contributed by atoms with E-state index >= 15 is 0 Å². The summed E-state index contributed by atoms with van der Waals surface area (Å²) >= 11 is 0. The molecule has 0 radical (unpaired) electrons. The molecule has 3 N–H and O–H groups in total. The zero-order chi connectivity index (χ0) is 77.8. The molecule has 11 rings (SSSR count). The average Bonchev–Trinajstić information content (AvgIpc) is 1.64. The van der Waals surface area contributed by atoms with Crippen molar-refractivity contribution in [3.8, 4) is 0 Å². The van der Waals surface area contributed by atoms with Crippen LogP contribution >= 0.6 is 0 Å². The van der Waals surface area contributed by atoms with Gasteiger partial charge in [0.2, 0.25) is 15.9 Å². The van der Waals surface area contributed by atoms with E-state index in [9.17, 15) is 64.8 Å². The summed E-state index contributed by atoms with van der Waals surface area (Å²) in [7, 11) is -1.81. The predicted octanol–water partition coefficient (Wildman–Crippen LogP) is 5.86. The second-order valence-corrected chi connectivity index (χ2v) is 33.0. The van der Waals surface area contributed by atoms with Crippen molar-refractivity contribution in [2.24, 2.45) is 30.5 Å². The van der Waals surface area contributed by atoms with E-state index in [1.165, 1.54) is 16.1 Å². The van der Waals surface area contributed by atoms with Gasteiger partial charge < -0.3 is 44.7 Å². The maximum absolute atomic E-state index is 11.2. The Morgan fingerprint density at radius 2 is 1.20 bits per heavy atom. The second-order valence-electron chi connectivity index (χ2n) is 28.7. The molecule has 6 aliphatic heterocycles. The average molecular weight is 1510 g/mol. The fourth-order valence-electron chi connectivity index (χ4n) is 12.6. The number of primary amides is 1. The fourth-order valence-corrected chi connectivity index (χ4v) is 14.7. The quantitative estimate of drug-likeness (QED) is 0.0821. The molecule has 1 aliphatic carbocycles. The molecule has 0 spiro atoms. The van der Waals surface area contributed by atoms with Crippen molar-refractivity contribution in [1.82, 2.24) is 68.2 Å². The Balaban J connectivity index is 0.000000255. The van der Waals surface area contributed by atoms with E-state index in [0.29, 0.717) is 132 Å². The molecule has 31 heteroatoms. The molecule has 0 bridgehead atoms. The van der Waals surface area contributed by atoms with E-state index in [0.717, 1.165) is 128 Å². The number of aromatic nitrogens is 7. The van der Waals surface area contributed by atoms with Crippen LogP contribution in [0.25, 0.3) is 0 Å². The van der Waals surface area contributed by atoms with Crippen LogP contribution in [0.2, 0.25) is 0 Å². The van der Waals surface area contributed by atoms with Crippen molar-refractivity contribution in [2.45, 2.75) is 170 Å². The number of aromatic amines is 1. The van der Waals surface area contributed by atoms with Gasteiger partial charge in [0.15, 0.2) is 15.6 Å². The van der Waals surface area contributed by atoms with E-state index in [1.807, 2.05) is 53.5 Å². The summed E-state index contributed by atoms with van der Waals surface area (Å²) in [6.07, 6.45) is 25.8. The van der Waals surface area contributed by atoms with Gasteiger partial charge in [0.25, 0.3) is 0 Å². The molecular formula is C74H119N15O14S2. The number of H-pyrrole nitrogens is 1. The zero-order valence-corrected chi connectivity index (χ0v) is 65.8. The van der Waals surface area contributed by atoms with E-state index in [1.54, 1.807) is 88.6 Å². The highest BCUT2D eigenvalue weighted by atomic mass is 32.2. The van der Waals surface area contributed by atoms with Crippen LogP contribution in [0.3, 0.4) is 0 Å². The third-order valence-electron chi connectivity index (χ3n) is 19.1. The number of ketones is 8. The Morgan fingerprint density at radius 1 is 0.629 bits per heavy atom. The Labute approximate surface area is 622 Å². The number of urea groups is 1. The summed E-state index contributed by atoms with van der Waals surface area (Å²) in [4.78, 5) is 132. The molecule has 4 aromatic heterocycles. The number of nitrogens with zero attached hydrogens (tertiary/aromatic N) is 13. The lowest BCUT2D eigenvalue weighted by atomic mass is 9.92. The van der Waals surface area contributed by atoms with Gasteiger partial charge in [-0.2, -0.15) is 10.2 Å². The summed E-state index contributed by atoms with van der Waals surface area (Å²) < 4.78 is 49.6. The van der Waals surface area contributed by atoms with Crippen molar-refractivity contribution in [1.29, 1.82) is 0 Å². The molecule has 1 saturated carbocycles. The van der Waals surface area contributed by atoms with Crippen LogP contribution in [0.5, 0.6) is 0 Å². The highest BCUT2D eigenvalue weighted by molar-refractivity contribution is 7.91. The third-order valence-corrected chi connectivity index (χ3v) is 22.0. The number of rotatable bonds is 23. The largest absolute Gasteiger partial charge is 0.351 e. The van der Waals surface area contributed by atoms with Gasteiger partial charge >= 0.3 is 6.03 Å². The van der Waals surface area contributed by atoms with Crippen LogP contribution < -0.4 is 5.73 Å². The SMILES string of the molecule is CC(=O)CC1CCN(Cc2ccccn2)CC1.CC(=O)CC1CCN(S(C)(=O)=O)CC1.CC(=O)CCN1CCCC1=O.CC(=O)CCN1CCN(C(N)=O)CC1.CC(=O)CCN1CCS(=O)(=O)CC1.CC(=O)CCc1cnc[nH]1.CC(=O)[C@@H]1C[C@H]1c1cnn(C)c1.CC(=O)c1cnn(C2CCN(C)C2)c1. The highest BCUT2D eigenvalue weighted by Gasteiger charge is 2.42. The molecule has 4 aromatic rings. The summed E-state index contributed by atoms with van der Waals surface area (Å²) in [5.41, 5.74) is 9.22. The number of sulfonamides is 1. The van der Waals surface area contributed by atoms with Crippen LogP contribution in [0.1, 0.15) is 185 Å².